The first-order chi connectivity index (χ1) is 15.1. The van der Waals surface area contributed by atoms with Crippen LogP contribution in [0, 0.1) is 11.6 Å². The van der Waals surface area contributed by atoms with Crippen molar-refractivity contribution in [2.24, 2.45) is 0 Å². The Balaban J connectivity index is 1.78. The zero-order chi connectivity index (χ0) is 23.0. The standard InChI is InChI=1S/C20H11F5N4OS2/c21-11-5-2-6-12(22)14(11)17(30)29-19-28-15(13-8-31-18(26)27-13)16(32-19)9-3-1-4-10(7-9)20(23,24)25/h1-8H,(H2,26,27)(H,28,29,30). The highest BCUT2D eigenvalue weighted by atomic mass is 32.1. The minimum atomic E-state index is -4.56. The van der Waals surface area contributed by atoms with E-state index in [2.05, 4.69) is 15.3 Å². The molecule has 0 spiro atoms. The van der Waals surface area contributed by atoms with Gasteiger partial charge in [-0.3, -0.25) is 10.1 Å². The summed E-state index contributed by atoms with van der Waals surface area (Å²) in [6, 6.07) is 7.52. The molecule has 0 atom stereocenters. The third-order valence-electron chi connectivity index (χ3n) is 4.25. The largest absolute Gasteiger partial charge is 0.416 e. The highest BCUT2D eigenvalue weighted by molar-refractivity contribution is 7.19. The molecular weight excluding hydrogens is 471 g/mol. The SMILES string of the molecule is Nc1nc(-c2nc(NC(=O)c3c(F)cccc3F)sc2-c2cccc(C(F)(F)F)c2)cs1. The summed E-state index contributed by atoms with van der Waals surface area (Å²) in [5.74, 6) is -3.22. The van der Waals surface area contributed by atoms with Crippen molar-refractivity contribution in [3.63, 3.8) is 0 Å². The number of anilines is 2. The van der Waals surface area contributed by atoms with Gasteiger partial charge in [-0.2, -0.15) is 13.2 Å². The molecule has 0 aliphatic rings. The second-order valence-corrected chi connectivity index (χ2v) is 8.29. The molecular formula is C20H11F5N4OS2. The first-order valence-electron chi connectivity index (χ1n) is 8.78. The lowest BCUT2D eigenvalue weighted by Gasteiger charge is -2.08. The van der Waals surface area contributed by atoms with Crippen LogP contribution in [-0.4, -0.2) is 15.9 Å². The van der Waals surface area contributed by atoms with Crippen molar-refractivity contribution in [2.75, 3.05) is 11.1 Å². The highest BCUT2D eigenvalue weighted by Crippen LogP contribution is 2.41. The van der Waals surface area contributed by atoms with Crippen LogP contribution >= 0.6 is 22.7 Å². The number of hydrogen-bond donors (Lipinski definition) is 2. The van der Waals surface area contributed by atoms with E-state index >= 15 is 0 Å². The Hall–Kier alpha value is -3.38. The Morgan fingerprint density at radius 3 is 2.34 bits per heavy atom. The molecule has 164 valence electrons. The third-order valence-corrected chi connectivity index (χ3v) is 5.95. The number of aromatic nitrogens is 2. The van der Waals surface area contributed by atoms with Gasteiger partial charge in [0, 0.05) is 5.38 Å². The van der Waals surface area contributed by atoms with Crippen molar-refractivity contribution >= 4 is 38.8 Å². The van der Waals surface area contributed by atoms with Crippen LogP contribution in [0.5, 0.6) is 0 Å². The van der Waals surface area contributed by atoms with E-state index in [0.717, 1.165) is 53.0 Å². The predicted octanol–water partition coefficient (Wildman–Crippen LogP) is 6.07. The molecule has 32 heavy (non-hydrogen) atoms. The van der Waals surface area contributed by atoms with Gasteiger partial charge in [0.1, 0.15) is 28.6 Å². The Labute approximate surface area is 185 Å². The Bertz CT molecular complexity index is 1300. The van der Waals surface area contributed by atoms with Crippen molar-refractivity contribution in [1.82, 2.24) is 9.97 Å². The maximum absolute atomic E-state index is 13.9. The normalized spacial score (nSPS) is 11.5. The Morgan fingerprint density at radius 2 is 1.72 bits per heavy atom. The molecule has 0 saturated carbocycles. The van der Waals surface area contributed by atoms with Crippen molar-refractivity contribution in [2.45, 2.75) is 6.18 Å². The van der Waals surface area contributed by atoms with Crippen molar-refractivity contribution in [3.8, 4) is 21.8 Å². The second kappa shape index (κ2) is 8.28. The van der Waals surface area contributed by atoms with E-state index < -0.39 is 34.8 Å². The van der Waals surface area contributed by atoms with Crippen LogP contribution < -0.4 is 11.1 Å². The molecule has 5 nitrogen and oxygen atoms in total. The van der Waals surface area contributed by atoms with Gasteiger partial charge in [-0.15, -0.1) is 11.3 Å². The first kappa shape index (κ1) is 21.8. The van der Waals surface area contributed by atoms with Gasteiger partial charge in [0.25, 0.3) is 5.91 Å². The van der Waals surface area contributed by atoms with Gasteiger partial charge in [-0.25, -0.2) is 18.7 Å². The van der Waals surface area contributed by atoms with Gasteiger partial charge >= 0.3 is 6.18 Å². The van der Waals surface area contributed by atoms with Crippen LogP contribution in [0.1, 0.15) is 15.9 Å². The van der Waals surface area contributed by atoms with Gasteiger partial charge in [-0.05, 0) is 29.8 Å². The van der Waals surface area contributed by atoms with Crippen LogP contribution in [0.3, 0.4) is 0 Å². The lowest BCUT2D eigenvalue weighted by atomic mass is 10.1. The summed E-state index contributed by atoms with van der Waals surface area (Å²) in [6.45, 7) is 0. The molecule has 0 unspecified atom stereocenters. The van der Waals surface area contributed by atoms with Crippen molar-refractivity contribution in [3.05, 3.63) is 70.6 Å². The minimum Gasteiger partial charge on any atom is -0.375 e. The monoisotopic (exact) mass is 482 g/mol. The lowest BCUT2D eigenvalue weighted by molar-refractivity contribution is -0.137. The summed E-state index contributed by atoms with van der Waals surface area (Å²) in [6.07, 6.45) is -4.56. The van der Waals surface area contributed by atoms with E-state index in [-0.39, 0.29) is 32.1 Å². The molecule has 0 saturated heterocycles. The van der Waals surface area contributed by atoms with Crippen LogP contribution in [0.4, 0.5) is 32.2 Å². The number of nitrogen functional groups attached to an aromatic ring is 1. The van der Waals surface area contributed by atoms with E-state index in [0.29, 0.717) is 0 Å². The summed E-state index contributed by atoms with van der Waals surface area (Å²) in [5, 5.41) is 3.99. The fourth-order valence-corrected chi connectivity index (χ4v) is 4.36. The number of nitrogens with two attached hydrogens (primary N) is 1. The molecule has 2 heterocycles. The van der Waals surface area contributed by atoms with Crippen LogP contribution in [-0.2, 0) is 6.18 Å². The van der Waals surface area contributed by atoms with Gasteiger partial charge in [-0.1, -0.05) is 29.5 Å². The Kier molecular flexibility index (Phi) is 5.65. The van der Waals surface area contributed by atoms with Crippen LogP contribution in [0.15, 0.2) is 47.8 Å². The highest BCUT2D eigenvalue weighted by Gasteiger charge is 2.31. The number of benzene rings is 2. The van der Waals surface area contributed by atoms with Gasteiger partial charge in [0.15, 0.2) is 10.3 Å². The summed E-state index contributed by atoms with van der Waals surface area (Å²) in [7, 11) is 0. The summed E-state index contributed by atoms with van der Waals surface area (Å²) in [4.78, 5) is 21.0. The van der Waals surface area contributed by atoms with Crippen LogP contribution in [0.2, 0.25) is 0 Å². The van der Waals surface area contributed by atoms with E-state index in [1.54, 1.807) is 5.38 Å². The Morgan fingerprint density at radius 1 is 1.03 bits per heavy atom. The molecule has 4 rings (SSSR count). The number of nitrogens with one attached hydrogen (secondary N) is 1. The molecule has 3 N–H and O–H groups in total. The molecule has 4 aromatic rings. The van der Waals surface area contributed by atoms with E-state index in [1.165, 1.54) is 12.1 Å². The zero-order valence-electron chi connectivity index (χ0n) is 15.7. The molecule has 1 amide bonds. The maximum Gasteiger partial charge on any atom is 0.416 e. The molecule has 2 aromatic carbocycles. The quantitative estimate of drug-likeness (QED) is 0.346. The van der Waals surface area contributed by atoms with Gasteiger partial charge < -0.3 is 5.73 Å². The molecule has 0 radical (unpaired) electrons. The number of thiazole rings is 2. The summed E-state index contributed by atoms with van der Waals surface area (Å²) < 4.78 is 67.4. The van der Waals surface area contributed by atoms with E-state index in [4.69, 9.17) is 5.73 Å². The molecule has 0 bridgehead atoms. The van der Waals surface area contributed by atoms with E-state index in [1.807, 2.05) is 0 Å². The molecule has 2 aromatic heterocycles. The van der Waals surface area contributed by atoms with Gasteiger partial charge in [0.2, 0.25) is 0 Å². The van der Waals surface area contributed by atoms with Crippen molar-refractivity contribution in [1.29, 1.82) is 0 Å². The van der Waals surface area contributed by atoms with E-state index in [9.17, 15) is 26.7 Å². The number of rotatable bonds is 4. The average molecular weight is 482 g/mol. The third kappa shape index (κ3) is 4.32. The summed E-state index contributed by atoms with van der Waals surface area (Å²) >= 11 is 1.94. The second-order valence-electron chi connectivity index (χ2n) is 6.40. The molecule has 0 aliphatic carbocycles. The number of carbonyl (C=O) groups is 1. The zero-order valence-corrected chi connectivity index (χ0v) is 17.3. The fourth-order valence-electron chi connectivity index (χ4n) is 2.85. The van der Waals surface area contributed by atoms with Crippen LogP contribution in [0.25, 0.3) is 21.8 Å². The maximum atomic E-state index is 13.9. The number of carbonyl (C=O) groups excluding carboxylic acids is 1. The molecule has 0 aliphatic heterocycles. The number of alkyl halides is 3. The predicted molar refractivity (Wildman–Crippen MR) is 112 cm³/mol. The first-order valence-corrected chi connectivity index (χ1v) is 10.5. The number of hydrogen-bond acceptors (Lipinski definition) is 6. The molecule has 12 heteroatoms. The number of amides is 1. The smallest absolute Gasteiger partial charge is 0.375 e. The summed E-state index contributed by atoms with van der Waals surface area (Å²) in [5.41, 5.74) is 4.63. The molecule has 0 fully saturated rings. The topological polar surface area (TPSA) is 80.9 Å². The van der Waals surface area contributed by atoms with Gasteiger partial charge in [0.05, 0.1) is 10.4 Å². The average Bonchev–Trinajstić information content (AvgIpc) is 3.33. The minimum absolute atomic E-state index is 0.0772. The number of nitrogens with zero attached hydrogens (tertiary/aromatic N) is 2. The van der Waals surface area contributed by atoms with Crippen molar-refractivity contribution < 1.29 is 26.7 Å². The lowest BCUT2D eigenvalue weighted by Crippen LogP contribution is -2.15. The fraction of sp³-hybridized carbons (Fsp3) is 0.0500. The number of halogens is 5.